The first-order valence-electron chi connectivity index (χ1n) is 14.2. The number of carbonyl (C=O) groups is 1. The minimum Gasteiger partial charge on any atom is -0.492 e. The van der Waals surface area contributed by atoms with Crippen molar-refractivity contribution in [3.05, 3.63) is 81.9 Å². The number of rotatable bonds is 11. The predicted molar refractivity (Wildman–Crippen MR) is 161 cm³/mol. The summed E-state index contributed by atoms with van der Waals surface area (Å²) >= 11 is 0. The number of para-hydroxylation sites is 1. The highest BCUT2D eigenvalue weighted by molar-refractivity contribution is 8.24. The Bertz CT molecular complexity index is 1500. The van der Waals surface area contributed by atoms with E-state index < -0.39 is 16.1 Å². The first-order valence-corrected chi connectivity index (χ1v) is 16.1. The van der Waals surface area contributed by atoms with E-state index in [1.54, 1.807) is 29.1 Å². The minimum atomic E-state index is -2.43. The van der Waals surface area contributed by atoms with Crippen LogP contribution < -0.4 is 26.2 Å². The zero-order chi connectivity index (χ0) is 28.6. The maximum atomic E-state index is 13.7. The van der Waals surface area contributed by atoms with E-state index in [1.165, 1.54) is 0 Å². The molecule has 41 heavy (non-hydrogen) atoms. The largest absolute Gasteiger partial charge is 0.492 e. The molecule has 2 heterocycles. The lowest BCUT2D eigenvalue weighted by Gasteiger charge is -2.26. The van der Waals surface area contributed by atoms with Crippen molar-refractivity contribution in [2.24, 2.45) is 0 Å². The van der Waals surface area contributed by atoms with Crippen molar-refractivity contribution in [3.8, 4) is 11.4 Å². The van der Waals surface area contributed by atoms with Crippen LogP contribution in [0.25, 0.3) is 5.69 Å². The maximum Gasteiger partial charge on any atom is 0.297 e. The number of aromatic nitrogens is 2. The Hall–Kier alpha value is -3.38. The molecule has 0 radical (unpaired) electrons. The smallest absolute Gasteiger partial charge is 0.297 e. The molecule has 3 aliphatic rings. The molecular weight excluding hydrogens is 542 g/mol. The molecule has 1 amide bonds. The zero-order valence-electron chi connectivity index (χ0n) is 23.1. The molecule has 0 spiro atoms. The van der Waals surface area contributed by atoms with Crippen LogP contribution in [0, 0.1) is 6.92 Å². The fourth-order valence-corrected chi connectivity index (χ4v) is 7.16. The van der Waals surface area contributed by atoms with Gasteiger partial charge in [0.05, 0.1) is 17.0 Å². The molecular formula is C30H37N5O5S. The second-order valence-electron chi connectivity index (χ2n) is 11.4. The maximum absolute atomic E-state index is 13.7. The van der Waals surface area contributed by atoms with Crippen LogP contribution in [-0.4, -0.2) is 61.3 Å². The summed E-state index contributed by atoms with van der Waals surface area (Å²) in [6.45, 7) is 2.95. The van der Waals surface area contributed by atoms with Gasteiger partial charge in [-0.15, -0.1) is 0 Å². The zero-order valence-corrected chi connectivity index (χ0v) is 24.0. The molecule has 1 atom stereocenters. The van der Waals surface area contributed by atoms with Crippen LogP contribution in [0.5, 0.6) is 5.75 Å². The van der Waals surface area contributed by atoms with E-state index in [1.807, 2.05) is 37.3 Å². The molecule has 3 fully saturated rings. The Morgan fingerprint density at radius 3 is 2.68 bits per heavy atom. The molecule has 2 aromatic carbocycles. The Morgan fingerprint density at radius 2 is 1.95 bits per heavy atom. The van der Waals surface area contributed by atoms with Crippen molar-refractivity contribution >= 4 is 22.3 Å². The Kier molecular flexibility index (Phi) is 7.54. The van der Waals surface area contributed by atoms with Crippen molar-refractivity contribution in [3.63, 3.8) is 0 Å². The monoisotopic (exact) mass is 579 g/mol. The molecule has 0 bridgehead atoms. The van der Waals surface area contributed by atoms with E-state index in [2.05, 4.69) is 20.9 Å². The van der Waals surface area contributed by atoms with Crippen molar-refractivity contribution in [1.29, 1.82) is 0 Å². The lowest BCUT2D eigenvalue weighted by molar-refractivity contribution is 0.0951. The average Bonchev–Trinajstić information content (AvgIpc) is 3.89. The molecule has 1 aromatic heterocycles. The standard InChI is InChI=1S/C30H37N5O5S/c1-20-6-7-21(28(36)33-22-8-9-22)18-25(20)35-15-13-32-27(29(35)37)34-30(11-12-30)24-4-2-3-5-26(24)40-16-14-31-23-10-17-41(38,39)19-23/h2-7,13,15,18,22-23,31,38-39H,8-12,14,16-17,19H2,1H3,(H,32,34)(H,33,36). The molecule has 218 valence electrons. The normalized spacial score (nSPS) is 21.2. The van der Waals surface area contributed by atoms with Crippen molar-refractivity contribution in [2.45, 2.75) is 56.7 Å². The SMILES string of the molecule is Cc1ccc(C(=O)NC2CC2)cc1-n1ccnc(NC2(c3ccccc3OCCNC3CCS(O)(O)C3)CC2)c1=O. The number of aryl methyl sites for hydroxylation is 1. The summed E-state index contributed by atoms with van der Waals surface area (Å²) in [5.74, 6) is 1.72. The van der Waals surface area contributed by atoms with Crippen molar-refractivity contribution < 1.29 is 18.6 Å². The lowest BCUT2D eigenvalue weighted by atomic mass is 10.0. The van der Waals surface area contributed by atoms with Gasteiger partial charge in [-0.2, -0.15) is 10.6 Å². The van der Waals surface area contributed by atoms with Gasteiger partial charge in [0.1, 0.15) is 12.4 Å². The van der Waals surface area contributed by atoms with Gasteiger partial charge in [0.25, 0.3) is 11.5 Å². The molecule has 2 aliphatic carbocycles. The highest BCUT2D eigenvalue weighted by atomic mass is 32.3. The van der Waals surface area contributed by atoms with Crippen LogP contribution in [0.15, 0.2) is 59.7 Å². The Morgan fingerprint density at radius 1 is 1.15 bits per heavy atom. The second-order valence-corrected chi connectivity index (χ2v) is 13.7. The molecule has 5 N–H and O–H groups in total. The van der Waals surface area contributed by atoms with E-state index in [-0.39, 0.29) is 29.4 Å². The first kappa shape index (κ1) is 27.8. The number of nitrogens with zero attached hydrogens (tertiary/aromatic N) is 2. The van der Waals surface area contributed by atoms with Gasteiger partial charge in [-0.1, -0.05) is 24.3 Å². The summed E-state index contributed by atoms with van der Waals surface area (Å²) in [5.41, 5.74) is 2.28. The predicted octanol–water partition coefficient (Wildman–Crippen LogP) is 4.03. The van der Waals surface area contributed by atoms with Gasteiger partial charge in [-0.05, 0) is 62.8 Å². The van der Waals surface area contributed by atoms with Crippen LogP contribution in [0.1, 0.15) is 53.6 Å². The topological polar surface area (TPSA) is 138 Å². The van der Waals surface area contributed by atoms with Crippen molar-refractivity contribution in [1.82, 2.24) is 20.2 Å². The van der Waals surface area contributed by atoms with E-state index in [0.29, 0.717) is 35.9 Å². The average molecular weight is 580 g/mol. The Labute approximate surface area is 240 Å². The number of ether oxygens (including phenoxy) is 1. The van der Waals surface area contributed by atoms with E-state index >= 15 is 0 Å². The number of hydrogen-bond acceptors (Lipinski definition) is 8. The third-order valence-corrected chi connectivity index (χ3v) is 9.87. The quantitative estimate of drug-likeness (QED) is 0.215. The minimum absolute atomic E-state index is 0.0959. The second kappa shape index (κ2) is 11.1. The highest BCUT2D eigenvalue weighted by Crippen LogP contribution is 2.51. The fraction of sp³-hybridized carbons (Fsp3) is 0.433. The number of nitrogens with one attached hydrogen (secondary N) is 3. The molecule has 2 saturated carbocycles. The number of amides is 1. The van der Waals surface area contributed by atoms with Crippen LogP contribution in [0.3, 0.4) is 0 Å². The third-order valence-electron chi connectivity index (χ3n) is 8.05. The molecule has 1 unspecified atom stereocenters. The van der Waals surface area contributed by atoms with Gasteiger partial charge >= 0.3 is 0 Å². The van der Waals surface area contributed by atoms with Gasteiger partial charge in [-0.3, -0.25) is 23.3 Å². The summed E-state index contributed by atoms with van der Waals surface area (Å²) in [6, 6.07) is 13.6. The fourth-order valence-electron chi connectivity index (χ4n) is 5.40. The summed E-state index contributed by atoms with van der Waals surface area (Å²) in [5, 5.41) is 9.79. The first-order chi connectivity index (χ1) is 19.7. The highest BCUT2D eigenvalue weighted by Gasteiger charge is 2.47. The van der Waals surface area contributed by atoms with Gasteiger partial charge in [-0.25, -0.2) is 4.98 Å². The summed E-state index contributed by atoms with van der Waals surface area (Å²) in [6.07, 6.45) is 7.66. The molecule has 3 aromatic rings. The molecule has 1 saturated heterocycles. The number of benzene rings is 2. The number of hydrogen-bond donors (Lipinski definition) is 5. The summed E-state index contributed by atoms with van der Waals surface area (Å²) < 4.78 is 27.4. The molecule has 10 nitrogen and oxygen atoms in total. The summed E-state index contributed by atoms with van der Waals surface area (Å²) in [7, 11) is -2.43. The van der Waals surface area contributed by atoms with Crippen molar-refractivity contribution in [2.75, 3.05) is 30.0 Å². The molecule has 11 heteroatoms. The Balaban J connectivity index is 1.17. The lowest BCUT2D eigenvalue weighted by Crippen LogP contribution is -2.33. The summed E-state index contributed by atoms with van der Waals surface area (Å²) in [4.78, 5) is 30.7. The molecule has 6 rings (SSSR count). The van der Waals surface area contributed by atoms with Gasteiger partial charge in [0.2, 0.25) is 0 Å². The van der Waals surface area contributed by atoms with Crippen LogP contribution in [-0.2, 0) is 5.54 Å². The third kappa shape index (κ3) is 6.28. The van der Waals surface area contributed by atoms with Crippen LogP contribution in [0.2, 0.25) is 0 Å². The van der Waals surface area contributed by atoms with E-state index in [9.17, 15) is 18.7 Å². The van der Waals surface area contributed by atoms with E-state index in [4.69, 9.17) is 4.74 Å². The van der Waals surface area contributed by atoms with Crippen LogP contribution in [0.4, 0.5) is 5.82 Å². The van der Waals surface area contributed by atoms with Gasteiger partial charge in [0.15, 0.2) is 5.82 Å². The van der Waals surface area contributed by atoms with Gasteiger partial charge < -0.3 is 20.7 Å². The number of carbonyl (C=O) groups excluding carboxylic acids is 1. The molecule has 1 aliphatic heterocycles. The van der Waals surface area contributed by atoms with E-state index in [0.717, 1.165) is 49.0 Å². The van der Waals surface area contributed by atoms with Gasteiger partial charge in [0, 0.05) is 47.9 Å². The van der Waals surface area contributed by atoms with Crippen LogP contribution >= 0.6 is 10.6 Å². The number of anilines is 1.